The van der Waals surface area contributed by atoms with Gasteiger partial charge in [-0.2, -0.15) is 0 Å². The van der Waals surface area contributed by atoms with Gasteiger partial charge in [0.05, 0.1) is 6.42 Å². The van der Waals surface area contributed by atoms with Crippen LogP contribution < -0.4 is 10.7 Å². The molecular weight excluding hydrogens is 456 g/mol. The summed E-state index contributed by atoms with van der Waals surface area (Å²) >= 11 is 8.70. The van der Waals surface area contributed by atoms with Crippen molar-refractivity contribution in [1.29, 1.82) is 0 Å². The zero-order valence-corrected chi connectivity index (χ0v) is 18.0. The average Bonchev–Trinajstić information content (AvgIpc) is 2.93. The van der Waals surface area contributed by atoms with Gasteiger partial charge in [-0.25, -0.2) is 5.01 Å². The van der Waals surface area contributed by atoms with E-state index in [1.807, 2.05) is 0 Å². The van der Waals surface area contributed by atoms with Crippen LogP contribution in [0.3, 0.4) is 0 Å². The lowest BCUT2D eigenvalue weighted by atomic mass is 10.2. The van der Waals surface area contributed by atoms with Crippen molar-refractivity contribution in [2.75, 3.05) is 11.9 Å². The molecule has 1 aliphatic heterocycles. The second-order valence-corrected chi connectivity index (χ2v) is 7.60. The summed E-state index contributed by atoms with van der Waals surface area (Å²) in [5.41, 5.74) is 3.71. The van der Waals surface area contributed by atoms with Crippen LogP contribution in [0.5, 0.6) is 0 Å². The van der Waals surface area contributed by atoms with Crippen molar-refractivity contribution in [2.24, 2.45) is 0 Å². The molecule has 1 fully saturated rings. The molecule has 9 heteroatoms. The molecule has 1 unspecified atom stereocenters. The molecule has 29 heavy (non-hydrogen) atoms. The fraction of sp³-hybridized carbons (Fsp3) is 0.200. The van der Waals surface area contributed by atoms with E-state index >= 15 is 0 Å². The van der Waals surface area contributed by atoms with Gasteiger partial charge in [0, 0.05) is 22.3 Å². The third-order valence-corrected chi connectivity index (χ3v) is 5.33. The molecule has 0 aromatic heterocycles. The molecule has 2 N–H and O–H groups in total. The summed E-state index contributed by atoms with van der Waals surface area (Å²) in [5.74, 6) is -1.08. The predicted octanol–water partition coefficient (Wildman–Crippen LogP) is 2.94. The maximum Gasteiger partial charge on any atom is 0.269 e. The molecule has 0 spiro atoms. The molecule has 1 saturated heterocycles. The van der Waals surface area contributed by atoms with Gasteiger partial charge in [0.25, 0.3) is 11.8 Å². The monoisotopic (exact) mass is 474 g/mol. The van der Waals surface area contributed by atoms with Gasteiger partial charge in [0.15, 0.2) is 5.11 Å². The third-order valence-electron chi connectivity index (χ3n) is 4.38. The van der Waals surface area contributed by atoms with Crippen LogP contribution in [0.15, 0.2) is 59.1 Å². The number of anilines is 1. The molecule has 0 radical (unpaired) electrons. The first-order valence-corrected chi connectivity index (χ1v) is 10.2. The number of carbonyl (C=O) groups excluding carboxylic acids is 3. The zero-order valence-electron chi connectivity index (χ0n) is 15.6. The number of hydrogen-bond donors (Lipinski definition) is 2. The minimum absolute atomic E-state index is 0.152. The van der Waals surface area contributed by atoms with E-state index in [0.29, 0.717) is 17.8 Å². The second-order valence-electron chi connectivity index (χ2n) is 6.32. The number of benzene rings is 2. The van der Waals surface area contributed by atoms with E-state index in [9.17, 15) is 14.4 Å². The van der Waals surface area contributed by atoms with Crippen LogP contribution in [0.2, 0.25) is 0 Å². The Hall–Kier alpha value is -2.78. The number of rotatable bonds is 6. The first-order valence-electron chi connectivity index (χ1n) is 8.96. The van der Waals surface area contributed by atoms with Crippen molar-refractivity contribution in [1.82, 2.24) is 15.3 Å². The maximum absolute atomic E-state index is 12.8. The van der Waals surface area contributed by atoms with Crippen molar-refractivity contribution >= 4 is 56.7 Å². The normalized spacial score (nSPS) is 16.1. The topological polar surface area (TPSA) is 81.8 Å². The SMILES string of the molecule is CCN1C(=O)C(CC(=O)Nc2ccc(Br)cc2)N(NC(=O)c2ccccc2)C1=S. The summed E-state index contributed by atoms with van der Waals surface area (Å²) < 4.78 is 0.889. The fourth-order valence-corrected chi connectivity index (χ4v) is 3.58. The number of likely N-dealkylation sites (N-methyl/N-ethyl adjacent to an activating group) is 1. The Morgan fingerprint density at radius 1 is 1.10 bits per heavy atom. The predicted molar refractivity (Wildman–Crippen MR) is 117 cm³/mol. The molecule has 0 saturated carbocycles. The third kappa shape index (κ3) is 4.80. The molecule has 2 aromatic carbocycles. The van der Waals surface area contributed by atoms with Gasteiger partial charge in [-0.05, 0) is 55.5 Å². The quantitative estimate of drug-likeness (QED) is 0.628. The van der Waals surface area contributed by atoms with Crippen molar-refractivity contribution < 1.29 is 14.4 Å². The number of hydrazine groups is 1. The summed E-state index contributed by atoms with van der Waals surface area (Å²) in [7, 11) is 0. The van der Waals surface area contributed by atoms with Crippen LogP contribution in [0.1, 0.15) is 23.7 Å². The maximum atomic E-state index is 12.8. The molecular formula is C20H19BrN4O3S. The molecule has 2 aromatic rings. The van der Waals surface area contributed by atoms with E-state index < -0.39 is 11.9 Å². The van der Waals surface area contributed by atoms with Gasteiger partial charge in [0.2, 0.25) is 5.91 Å². The Bertz CT molecular complexity index is 937. The van der Waals surface area contributed by atoms with Crippen LogP contribution in [-0.4, -0.2) is 45.3 Å². The molecule has 0 aliphatic carbocycles. The Morgan fingerprint density at radius 3 is 2.38 bits per heavy atom. The van der Waals surface area contributed by atoms with Crippen LogP contribution in [-0.2, 0) is 9.59 Å². The van der Waals surface area contributed by atoms with Crippen LogP contribution >= 0.6 is 28.1 Å². The summed E-state index contributed by atoms with van der Waals surface area (Å²) in [6, 6.07) is 14.8. The minimum atomic E-state index is -0.912. The van der Waals surface area contributed by atoms with Crippen LogP contribution in [0.4, 0.5) is 5.69 Å². The number of amides is 3. The van der Waals surface area contributed by atoms with Crippen LogP contribution in [0.25, 0.3) is 0 Å². The fourth-order valence-electron chi connectivity index (χ4n) is 2.93. The first-order chi connectivity index (χ1) is 13.9. The molecule has 1 atom stereocenters. The summed E-state index contributed by atoms with van der Waals surface area (Å²) in [5, 5.41) is 4.23. The lowest BCUT2D eigenvalue weighted by Gasteiger charge is -2.24. The number of halogens is 1. The number of carbonyl (C=O) groups is 3. The van der Waals surface area contributed by atoms with Crippen molar-refractivity contribution in [3.05, 3.63) is 64.6 Å². The van der Waals surface area contributed by atoms with Gasteiger partial charge < -0.3 is 5.32 Å². The smallest absolute Gasteiger partial charge is 0.269 e. The molecule has 150 valence electrons. The lowest BCUT2D eigenvalue weighted by Crippen LogP contribution is -2.49. The van der Waals surface area contributed by atoms with Crippen LogP contribution in [0, 0.1) is 0 Å². The molecule has 1 aliphatic rings. The van der Waals surface area contributed by atoms with E-state index in [-0.39, 0.29) is 23.3 Å². The van der Waals surface area contributed by atoms with Gasteiger partial charge in [-0.3, -0.25) is 24.7 Å². The van der Waals surface area contributed by atoms with Gasteiger partial charge >= 0.3 is 0 Å². The highest BCUT2D eigenvalue weighted by molar-refractivity contribution is 9.10. The van der Waals surface area contributed by atoms with E-state index in [1.54, 1.807) is 61.5 Å². The lowest BCUT2D eigenvalue weighted by molar-refractivity contribution is -0.130. The Balaban J connectivity index is 1.75. The van der Waals surface area contributed by atoms with Gasteiger partial charge in [0.1, 0.15) is 6.04 Å². The molecule has 7 nitrogen and oxygen atoms in total. The summed E-state index contributed by atoms with van der Waals surface area (Å²) in [6.45, 7) is 2.13. The summed E-state index contributed by atoms with van der Waals surface area (Å²) in [6.07, 6.45) is -0.152. The highest BCUT2D eigenvalue weighted by atomic mass is 79.9. The molecule has 3 amide bonds. The van der Waals surface area contributed by atoms with E-state index in [0.717, 1.165) is 4.47 Å². The van der Waals surface area contributed by atoms with Crippen molar-refractivity contribution in [2.45, 2.75) is 19.4 Å². The van der Waals surface area contributed by atoms with Gasteiger partial charge in [-0.1, -0.05) is 34.1 Å². The van der Waals surface area contributed by atoms with E-state index in [2.05, 4.69) is 26.7 Å². The number of nitrogens with zero attached hydrogens (tertiary/aromatic N) is 2. The Kier molecular flexibility index (Phi) is 6.60. The minimum Gasteiger partial charge on any atom is -0.326 e. The van der Waals surface area contributed by atoms with E-state index in [4.69, 9.17) is 12.2 Å². The zero-order chi connectivity index (χ0) is 21.0. The first kappa shape index (κ1) is 20.9. The highest BCUT2D eigenvalue weighted by Gasteiger charge is 2.43. The largest absolute Gasteiger partial charge is 0.326 e. The Morgan fingerprint density at radius 2 is 1.76 bits per heavy atom. The van der Waals surface area contributed by atoms with Gasteiger partial charge in [-0.15, -0.1) is 0 Å². The highest BCUT2D eigenvalue weighted by Crippen LogP contribution is 2.20. The van der Waals surface area contributed by atoms with E-state index in [1.165, 1.54) is 9.91 Å². The second kappa shape index (κ2) is 9.15. The van der Waals surface area contributed by atoms with Crippen molar-refractivity contribution in [3.8, 4) is 0 Å². The average molecular weight is 475 g/mol. The van der Waals surface area contributed by atoms with Crippen molar-refractivity contribution in [3.63, 3.8) is 0 Å². The molecule has 3 rings (SSSR count). The molecule has 0 bridgehead atoms. The number of thiocarbonyl (C=S) groups is 1. The standard InChI is InChI=1S/C20H19BrN4O3S/c1-2-24-19(28)16(12-17(26)22-15-10-8-14(21)9-11-15)25(20(24)29)23-18(27)13-6-4-3-5-7-13/h3-11,16H,2,12H2,1H3,(H,22,26)(H,23,27). The summed E-state index contributed by atoms with van der Waals surface area (Å²) in [4.78, 5) is 39.2. The molecule has 1 heterocycles. The number of hydrogen-bond acceptors (Lipinski definition) is 4. The number of nitrogens with one attached hydrogen (secondary N) is 2. The Labute approximate surface area is 182 Å².